The Labute approximate surface area is 86.5 Å². The van der Waals surface area contributed by atoms with Gasteiger partial charge in [0.15, 0.2) is 0 Å². The standard InChI is InChI=1S/C11H22N2O/c14-11-4-8-13(9-11)7-3-10-1-5-12-6-2-10/h10-12,14H,1-9H2. The third kappa shape index (κ3) is 2.94. The highest BCUT2D eigenvalue weighted by molar-refractivity contribution is 4.76. The second-order valence-electron chi connectivity index (χ2n) is 4.73. The van der Waals surface area contributed by atoms with E-state index in [0.717, 1.165) is 25.4 Å². The van der Waals surface area contributed by atoms with E-state index in [4.69, 9.17) is 0 Å². The third-order valence-corrected chi connectivity index (χ3v) is 3.56. The lowest BCUT2D eigenvalue weighted by Gasteiger charge is -2.24. The molecular weight excluding hydrogens is 176 g/mol. The van der Waals surface area contributed by atoms with Gasteiger partial charge in [-0.2, -0.15) is 0 Å². The predicted octanol–water partition coefficient (Wildman–Crippen LogP) is 0.443. The summed E-state index contributed by atoms with van der Waals surface area (Å²) in [7, 11) is 0. The van der Waals surface area contributed by atoms with Gasteiger partial charge in [0.25, 0.3) is 0 Å². The molecule has 0 radical (unpaired) electrons. The van der Waals surface area contributed by atoms with Crippen LogP contribution in [-0.2, 0) is 0 Å². The molecule has 0 spiro atoms. The zero-order chi connectivity index (χ0) is 9.80. The predicted molar refractivity (Wildman–Crippen MR) is 57.3 cm³/mol. The highest BCUT2D eigenvalue weighted by Crippen LogP contribution is 2.18. The van der Waals surface area contributed by atoms with Crippen LogP contribution in [-0.4, -0.2) is 48.8 Å². The number of nitrogens with zero attached hydrogens (tertiary/aromatic N) is 1. The minimum atomic E-state index is -0.0528. The summed E-state index contributed by atoms with van der Waals surface area (Å²) < 4.78 is 0. The highest BCUT2D eigenvalue weighted by atomic mass is 16.3. The molecule has 2 heterocycles. The summed E-state index contributed by atoms with van der Waals surface area (Å²) in [5, 5.41) is 12.8. The van der Waals surface area contributed by atoms with Crippen molar-refractivity contribution < 1.29 is 5.11 Å². The molecule has 1 unspecified atom stereocenters. The van der Waals surface area contributed by atoms with E-state index < -0.39 is 0 Å². The van der Waals surface area contributed by atoms with Crippen molar-refractivity contribution in [3.05, 3.63) is 0 Å². The van der Waals surface area contributed by atoms with E-state index in [1.807, 2.05) is 0 Å². The molecule has 0 amide bonds. The maximum Gasteiger partial charge on any atom is 0.0679 e. The maximum absolute atomic E-state index is 9.38. The molecule has 1 atom stereocenters. The van der Waals surface area contributed by atoms with Gasteiger partial charge < -0.3 is 15.3 Å². The molecule has 0 aliphatic carbocycles. The van der Waals surface area contributed by atoms with E-state index >= 15 is 0 Å². The number of rotatable bonds is 3. The molecule has 0 aromatic heterocycles. The Morgan fingerprint density at radius 3 is 2.64 bits per heavy atom. The molecule has 3 heteroatoms. The van der Waals surface area contributed by atoms with Crippen LogP contribution in [0.15, 0.2) is 0 Å². The fraction of sp³-hybridized carbons (Fsp3) is 1.00. The summed E-state index contributed by atoms with van der Waals surface area (Å²) in [6.07, 6.45) is 4.94. The minimum Gasteiger partial charge on any atom is -0.392 e. The van der Waals surface area contributed by atoms with E-state index in [1.165, 1.54) is 38.9 Å². The first-order valence-electron chi connectivity index (χ1n) is 5.96. The van der Waals surface area contributed by atoms with Crippen molar-refractivity contribution in [2.75, 3.05) is 32.7 Å². The van der Waals surface area contributed by atoms with E-state index in [0.29, 0.717) is 0 Å². The second-order valence-corrected chi connectivity index (χ2v) is 4.73. The van der Waals surface area contributed by atoms with Gasteiger partial charge in [0.1, 0.15) is 0 Å². The minimum absolute atomic E-state index is 0.0528. The molecule has 2 N–H and O–H groups in total. The van der Waals surface area contributed by atoms with Gasteiger partial charge in [-0.15, -0.1) is 0 Å². The van der Waals surface area contributed by atoms with Crippen molar-refractivity contribution in [2.45, 2.75) is 31.8 Å². The van der Waals surface area contributed by atoms with E-state index in [-0.39, 0.29) is 6.10 Å². The normalized spacial score (nSPS) is 31.1. The fourth-order valence-electron chi connectivity index (χ4n) is 2.55. The van der Waals surface area contributed by atoms with Crippen LogP contribution in [0.25, 0.3) is 0 Å². The molecule has 3 nitrogen and oxygen atoms in total. The first kappa shape index (κ1) is 10.4. The van der Waals surface area contributed by atoms with Gasteiger partial charge in [-0.05, 0) is 51.2 Å². The van der Waals surface area contributed by atoms with Gasteiger partial charge in [-0.1, -0.05) is 0 Å². The largest absolute Gasteiger partial charge is 0.392 e. The number of aliphatic hydroxyl groups is 1. The lowest BCUT2D eigenvalue weighted by Crippen LogP contribution is -2.31. The molecule has 0 aromatic carbocycles. The second kappa shape index (κ2) is 5.10. The molecule has 14 heavy (non-hydrogen) atoms. The average Bonchev–Trinajstić information content (AvgIpc) is 2.63. The van der Waals surface area contributed by atoms with Crippen molar-refractivity contribution in [2.24, 2.45) is 5.92 Å². The first-order chi connectivity index (χ1) is 6.84. The van der Waals surface area contributed by atoms with Gasteiger partial charge >= 0.3 is 0 Å². The smallest absolute Gasteiger partial charge is 0.0679 e. The Bertz CT molecular complexity index is 164. The summed E-state index contributed by atoms with van der Waals surface area (Å²) in [5.74, 6) is 0.925. The topological polar surface area (TPSA) is 35.5 Å². The summed E-state index contributed by atoms with van der Waals surface area (Å²) >= 11 is 0. The van der Waals surface area contributed by atoms with Crippen LogP contribution in [0.1, 0.15) is 25.7 Å². The molecule has 2 fully saturated rings. The van der Waals surface area contributed by atoms with Gasteiger partial charge in [-0.3, -0.25) is 0 Å². The Morgan fingerprint density at radius 1 is 1.21 bits per heavy atom. The zero-order valence-corrected chi connectivity index (χ0v) is 8.91. The van der Waals surface area contributed by atoms with Crippen molar-refractivity contribution in [3.63, 3.8) is 0 Å². The summed E-state index contributed by atoms with van der Waals surface area (Å²) in [6.45, 7) is 5.61. The Morgan fingerprint density at radius 2 is 2.00 bits per heavy atom. The van der Waals surface area contributed by atoms with Crippen LogP contribution in [0.5, 0.6) is 0 Å². The SMILES string of the molecule is OC1CCN(CCC2CCNCC2)C1. The number of likely N-dealkylation sites (tertiary alicyclic amines) is 1. The maximum atomic E-state index is 9.38. The van der Waals surface area contributed by atoms with Crippen LogP contribution in [0, 0.1) is 5.92 Å². The average molecular weight is 198 g/mol. The number of nitrogens with one attached hydrogen (secondary N) is 1. The fourth-order valence-corrected chi connectivity index (χ4v) is 2.55. The van der Waals surface area contributed by atoms with Crippen LogP contribution >= 0.6 is 0 Å². The number of piperidine rings is 1. The van der Waals surface area contributed by atoms with E-state index in [9.17, 15) is 5.11 Å². The third-order valence-electron chi connectivity index (χ3n) is 3.56. The number of β-amino-alcohol motifs (C(OH)–C–C–N with tert-alkyl or cyclic N) is 1. The van der Waals surface area contributed by atoms with Crippen molar-refractivity contribution in [1.82, 2.24) is 10.2 Å². The Kier molecular flexibility index (Phi) is 3.79. The zero-order valence-electron chi connectivity index (χ0n) is 8.91. The Balaban J connectivity index is 1.61. The summed E-state index contributed by atoms with van der Waals surface area (Å²) in [4.78, 5) is 2.41. The molecule has 2 aliphatic rings. The number of hydrogen-bond acceptors (Lipinski definition) is 3. The molecule has 2 rings (SSSR count). The van der Waals surface area contributed by atoms with Crippen molar-refractivity contribution in [1.29, 1.82) is 0 Å². The monoisotopic (exact) mass is 198 g/mol. The first-order valence-corrected chi connectivity index (χ1v) is 5.96. The van der Waals surface area contributed by atoms with Gasteiger partial charge in [0.05, 0.1) is 6.10 Å². The van der Waals surface area contributed by atoms with Gasteiger partial charge in [0.2, 0.25) is 0 Å². The molecule has 0 aromatic rings. The quantitative estimate of drug-likeness (QED) is 0.691. The van der Waals surface area contributed by atoms with E-state index in [2.05, 4.69) is 10.2 Å². The number of hydrogen-bond donors (Lipinski definition) is 2. The molecule has 2 aliphatic heterocycles. The molecule has 0 bridgehead atoms. The van der Waals surface area contributed by atoms with Gasteiger partial charge in [0, 0.05) is 13.1 Å². The van der Waals surface area contributed by atoms with Crippen LogP contribution in [0.2, 0.25) is 0 Å². The Hall–Kier alpha value is -0.120. The lowest BCUT2D eigenvalue weighted by molar-refractivity contribution is 0.172. The van der Waals surface area contributed by atoms with Crippen LogP contribution in [0.4, 0.5) is 0 Å². The van der Waals surface area contributed by atoms with Gasteiger partial charge in [-0.25, -0.2) is 0 Å². The van der Waals surface area contributed by atoms with Crippen LogP contribution < -0.4 is 5.32 Å². The lowest BCUT2D eigenvalue weighted by atomic mass is 9.94. The highest BCUT2D eigenvalue weighted by Gasteiger charge is 2.21. The van der Waals surface area contributed by atoms with E-state index in [1.54, 1.807) is 0 Å². The van der Waals surface area contributed by atoms with Crippen molar-refractivity contribution in [3.8, 4) is 0 Å². The molecular formula is C11H22N2O. The molecule has 82 valence electrons. The molecule has 0 saturated carbocycles. The van der Waals surface area contributed by atoms with Crippen LogP contribution in [0.3, 0.4) is 0 Å². The van der Waals surface area contributed by atoms with Crippen molar-refractivity contribution >= 4 is 0 Å². The summed E-state index contributed by atoms with van der Waals surface area (Å²) in [5.41, 5.74) is 0. The summed E-state index contributed by atoms with van der Waals surface area (Å²) in [6, 6.07) is 0. The number of aliphatic hydroxyl groups excluding tert-OH is 1. The molecule has 2 saturated heterocycles.